The minimum Gasteiger partial charge on any atom is -0.409 e. The summed E-state index contributed by atoms with van der Waals surface area (Å²) in [4.78, 5) is 4.91. The molecular weight excluding hydrogens is 307 g/mol. The molecule has 0 saturated carbocycles. The Hall–Kier alpha value is -2.36. The first-order valence-corrected chi connectivity index (χ1v) is 6.33. The molecule has 0 atom stereocenters. The van der Waals surface area contributed by atoms with Gasteiger partial charge in [0.05, 0.1) is 0 Å². The van der Waals surface area contributed by atoms with Gasteiger partial charge in [0, 0.05) is 29.8 Å². The van der Waals surface area contributed by atoms with Gasteiger partial charge in [-0.3, -0.25) is 0 Å². The monoisotopic (exact) mass is 317 g/mol. The number of anilines is 2. The molecule has 0 unspecified atom stereocenters. The summed E-state index contributed by atoms with van der Waals surface area (Å²) in [5, 5.41) is 11.5. The molecule has 0 saturated heterocycles. The van der Waals surface area contributed by atoms with Crippen LogP contribution in [-0.4, -0.2) is 27.4 Å². The van der Waals surface area contributed by atoms with Crippen LogP contribution >= 0.6 is 11.5 Å². The van der Waals surface area contributed by atoms with Gasteiger partial charge < -0.3 is 15.8 Å². The van der Waals surface area contributed by atoms with E-state index in [0.717, 1.165) is 0 Å². The molecule has 21 heavy (non-hydrogen) atoms. The molecule has 0 bridgehead atoms. The molecule has 0 aliphatic rings. The number of oxime groups is 1. The maximum absolute atomic E-state index is 12.5. The van der Waals surface area contributed by atoms with Gasteiger partial charge in [0.25, 0.3) is 0 Å². The molecule has 112 valence electrons. The Morgan fingerprint density at radius 3 is 2.43 bits per heavy atom. The lowest BCUT2D eigenvalue weighted by Crippen LogP contribution is -2.14. The number of nitrogens with zero attached hydrogens (tertiary/aromatic N) is 4. The van der Waals surface area contributed by atoms with E-state index in [0.29, 0.717) is 22.8 Å². The van der Waals surface area contributed by atoms with Gasteiger partial charge in [-0.2, -0.15) is 22.5 Å². The molecule has 0 aliphatic heterocycles. The van der Waals surface area contributed by atoms with E-state index in [2.05, 4.69) is 14.5 Å². The van der Waals surface area contributed by atoms with Crippen LogP contribution in [0, 0.1) is 0 Å². The number of alkyl halides is 3. The summed E-state index contributed by atoms with van der Waals surface area (Å²) in [5.74, 6) is -1.22. The fourth-order valence-corrected chi connectivity index (χ4v) is 2.16. The standard InChI is InChI=1S/C11H10F3N5OS/c1-19(10-16-9(18-21-10)11(12,13)14)7-4-2-6(3-5-7)8(15)17-20/h2-5,20H,1H3,(H2,15,17). The zero-order valence-corrected chi connectivity index (χ0v) is 11.5. The van der Waals surface area contributed by atoms with E-state index >= 15 is 0 Å². The zero-order valence-electron chi connectivity index (χ0n) is 10.7. The summed E-state index contributed by atoms with van der Waals surface area (Å²) in [6.45, 7) is 0. The van der Waals surface area contributed by atoms with E-state index in [9.17, 15) is 13.2 Å². The van der Waals surface area contributed by atoms with Crippen LogP contribution in [0.5, 0.6) is 0 Å². The van der Waals surface area contributed by atoms with Gasteiger partial charge in [0.2, 0.25) is 11.0 Å². The van der Waals surface area contributed by atoms with Crippen LogP contribution in [0.1, 0.15) is 11.4 Å². The Labute approximate surface area is 121 Å². The molecule has 0 amide bonds. The van der Waals surface area contributed by atoms with E-state index in [-0.39, 0.29) is 11.0 Å². The smallest absolute Gasteiger partial charge is 0.409 e. The van der Waals surface area contributed by atoms with Crippen molar-refractivity contribution in [2.45, 2.75) is 6.18 Å². The molecule has 2 aromatic rings. The van der Waals surface area contributed by atoms with E-state index in [1.807, 2.05) is 0 Å². The van der Waals surface area contributed by atoms with Gasteiger partial charge in [-0.05, 0) is 24.3 Å². The Bertz CT molecular complexity index is 653. The first-order valence-electron chi connectivity index (χ1n) is 5.55. The van der Waals surface area contributed by atoms with Crippen molar-refractivity contribution >= 4 is 28.2 Å². The lowest BCUT2D eigenvalue weighted by Gasteiger charge is -2.15. The predicted octanol–water partition coefficient (Wildman–Crippen LogP) is 2.42. The average Bonchev–Trinajstić information content (AvgIpc) is 2.95. The topological polar surface area (TPSA) is 87.6 Å². The van der Waals surface area contributed by atoms with E-state index in [4.69, 9.17) is 10.9 Å². The van der Waals surface area contributed by atoms with E-state index < -0.39 is 12.0 Å². The van der Waals surface area contributed by atoms with Gasteiger partial charge in [-0.15, -0.1) is 0 Å². The third-order valence-electron chi connectivity index (χ3n) is 2.61. The second-order valence-corrected chi connectivity index (χ2v) is 4.72. The van der Waals surface area contributed by atoms with Gasteiger partial charge in [-0.1, -0.05) is 5.16 Å². The van der Waals surface area contributed by atoms with Crippen molar-refractivity contribution in [3.63, 3.8) is 0 Å². The van der Waals surface area contributed by atoms with Crippen molar-refractivity contribution in [3.05, 3.63) is 35.7 Å². The minimum atomic E-state index is -4.56. The van der Waals surface area contributed by atoms with Crippen LogP contribution in [0.3, 0.4) is 0 Å². The summed E-state index contributed by atoms with van der Waals surface area (Å²) in [7, 11) is 1.57. The SMILES string of the molecule is CN(c1ccc(/C(N)=N/O)cc1)c1nc(C(F)(F)F)ns1. The van der Waals surface area contributed by atoms with Crippen molar-refractivity contribution in [1.29, 1.82) is 0 Å². The molecule has 0 radical (unpaired) electrons. The van der Waals surface area contributed by atoms with Crippen molar-refractivity contribution in [2.24, 2.45) is 10.9 Å². The van der Waals surface area contributed by atoms with Crippen LogP contribution in [0.25, 0.3) is 0 Å². The summed E-state index contributed by atoms with van der Waals surface area (Å²) in [5.41, 5.74) is 6.50. The number of aromatic nitrogens is 2. The quantitative estimate of drug-likeness (QED) is 0.393. The highest BCUT2D eigenvalue weighted by Gasteiger charge is 2.36. The molecule has 3 N–H and O–H groups in total. The van der Waals surface area contributed by atoms with Crippen molar-refractivity contribution in [2.75, 3.05) is 11.9 Å². The molecule has 0 spiro atoms. The Morgan fingerprint density at radius 2 is 1.95 bits per heavy atom. The Morgan fingerprint density at radius 1 is 1.33 bits per heavy atom. The highest BCUT2D eigenvalue weighted by atomic mass is 32.1. The Kier molecular flexibility index (Phi) is 3.98. The maximum atomic E-state index is 12.5. The first kappa shape index (κ1) is 15.0. The largest absolute Gasteiger partial charge is 0.452 e. The molecule has 1 aromatic heterocycles. The molecule has 0 aliphatic carbocycles. The Balaban J connectivity index is 2.24. The predicted molar refractivity (Wildman–Crippen MR) is 71.9 cm³/mol. The second kappa shape index (κ2) is 5.56. The molecule has 6 nitrogen and oxygen atoms in total. The highest BCUT2D eigenvalue weighted by Crippen LogP contribution is 2.32. The number of rotatable bonds is 3. The second-order valence-electron chi connectivity index (χ2n) is 3.99. The number of hydrogen-bond acceptors (Lipinski definition) is 6. The van der Waals surface area contributed by atoms with Crippen LogP contribution in [0.2, 0.25) is 0 Å². The number of halogens is 3. The van der Waals surface area contributed by atoms with Gasteiger partial charge >= 0.3 is 6.18 Å². The van der Waals surface area contributed by atoms with E-state index in [1.54, 1.807) is 31.3 Å². The van der Waals surface area contributed by atoms with Crippen LogP contribution in [-0.2, 0) is 6.18 Å². The minimum absolute atomic E-state index is 0.0560. The fraction of sp³-hybridized carbons (Fsp3) is 0.182. The number of hydrogen-bond donors (Lipinski definition) is 2. The summed E-state index contributed by atoms with van der Waals surface area (Å²) >= 11 is 0.651. The van der Waals surface area contributed by atoms with Gasteiger partial charge in [0.15, 0.2) is 5.84 Å². The number of amidine groups is 1. The zero-order chi connectivity index (χ0) is 15.6. The summed E-state index contributed by atoms with van der Waals surface area (Å²) in [6.07, 6.45) is -4.56. The van der Waals surface area contributed by atoms with Gasteiger partial charge in [0.1, 0.15) is 0 Å². The van der Waals surface area contributed by atoms with Crippen molar-refractivity contribution in [3.8, 4) is 0 Å². The van der Waals surface area contributed by atoms with E-state index in [1.165, 1.54) is 4.90 Å². The molecular formula is C11H10F3N5OS. The molecule has 2 rings (SSSR count). The molecule has 10 heteroatoms. The molecule has 0 fully saturated rings. The lowest BCUT2D eigenvalue weighted by atomic mass is 10.2. The number of nitrogens with two attached hydrogens (primary N) is 1. The number of benzene rings is 1. The average molecular weight is 317 g/mol. The fourth-order valence-electron chi connectivity index (χ4n) is 1.49. The van der Waals surface area contributed by atoms with Crippen LogP contribution in [0.4, 0.5) is 24.0 Å². The highest BCUT2D eigenvalue weighted by molar-refractivity contribution is 7.09. The summed E-state index contributed by atoms with van der Waals surface area (Å²) < 4.78 is 40.7. The summed E-state index contributed by atoms with van der Waals surface area (Å²) in [6, 6.07) is 6.38. The van der Waals surface area contributed by atoms with Crippen LogP contribution in [0.15, 0.2) is 29.4 Å². The third-order valence-corrected chi connectivity index (χ3v) is 3.41. The third kappa shape index (κ3) is 3.21. The van der Waals surface area contributed by atoms with Crippen LogP contribution < -0.4 is 10.6 Å². The first-order chi connectivity index (χ1) is 9.82. The lowest BCUT2D eigenvalue weighted by molar-refractivity contribution is -0.144. The molecule has 1 aromatic carbocycles. The van der Waals surface area contributed by atoms with Crippen molar-refractivity contribution < 1.29 is 18.4 Å². The molecule has 1 heterocycles. The van der Waals surface area contributed by atoms with Crippen molar-refractivity contribution in [1.82, 2.24) is 9.36 Å². The normalized spacial score (nSPS) is 12.5. The van der Waals surface area contributed by atoms with Gasteiger partial charge in [-0.25, -0.2) is 0 Å². The maximum Gasteiger partial charge on any atom is 0.452 e.